The second-order valence-electron chi connectivity index (χ2n) is 7.14. The number of carbonyl (C=O) groups is 1. The zero-order chi connectivity index (χ0) is 20.9. The van der Waals surface area contributed by atoms with E-state index in [2.05, 4.69) is 10.2 Å². The molecule has 1 heterocycles. The van der Waals surface area contributed by atoms with Crippen LogP contribution in [0.25, 0.3) is 0 Å². The Morgan fingerprint density at radius 3 is 2.28 bits per heavy atom. The number of piperidine rings is 1. The second-order valence-corrected chi connectivity index (χ2v) is 9.07. The van der Waals surface area contributed by atoms with Gasteiger partial charge in [-0.25, -0.2) is 8.42 Å². The molecule has 7 heteroatoms. The number of hydrogen-bond donors (Lipinski definition) is 1. The monoisotopic (exact) mass is 415 g/mol. The summed E-state index contributed by atoms with van der Waals surface area (Å²) in [4.78, 5) is 15.1. The quantitative estimate of drug-likeness (QED) is 0.743. The molecule has 1 aliphatic rings. The number of hydrogen-bond acceptors (Lipinski definition) is 4. The predicted octanol–water partition coefficient (Wildman–Crippen LogP) is 3.96. The first-order valence-corrected chi connectivity index (χ1v) is 11.7. The number of anilines is 2. The molecule has 0 aromatic heterocycles. The Balaban J connectivity index is 1.98. The molecular formula is C22H29N3O3S. The van der Waals surface area contributed by atoms with Crippen molar-refractivity contribution in [3.05, 3.63) is 54.1 Å². The lowest BCUT2D eigenvalue weighted by atomic mass is 10.2. The summed E-state index contributed by atoms with van der Waals surface area (Å²) >= 11 is 0. The molecule has 1 saturated heterocycles. The zero-order valence-electron chi connectivity index (χ0n) is 17.1. The van der Waals surface area contributed by atoms with Crippen molar-refractivity contribution in [3.8, 4) is 0 Å². The van der Waals surface area contributed by atoms with Crippen LogP contribution in [-0.2, 0) is 10.0 Å². The Morgan fingerprint density at radius 1 is 1.00 bits per heavy atom. The van der Waals surface area contributed by atoms with Gasteiger partial charge in [-0.1, -0.05) is 24.6 Å². The van der Waals surface area contributed by atoms with E-state index in [4.69, 9.17) is 0 Å². The van der Waals surface area contributed by atoms with Crippen molar-refractivity contribution in [3.63, 3.8) is 0 Å². The highest BCUT2D eigenvalue weighted by Crippen LogP contribution is 2.31. The first-order valence-electron chi connectivity index (χ1n) is 10.2. The van der Waals surface area contributed by atoms with Gasteiger partial charge in [0.1, 0.15) is 0 Å². The van der Waals surface area contributed by atoms with E-state index in [0.29, 0.717) is 24.3 Å². The first-order chi connectivity index (χ1) is 14.0. The van der Waals surface area contributed by atoms with Crippen LogP contribution in [0, 0.1) is 0 Å². The Labute approximate surface area is 173 Å². The van der Waals surface area contributed by atoms with E-state index in [1.54, 1.807) is 46.8 Å². The normalized spacial score (nSPS) is 15.1. The number of rotatable bonds is 7. The largest absolute Gasteiger partial charge is 0.370 e. The van der Waals surface area contributed by atoms with E-state index in [1.807, 2.05) is 19.9 Å². The molecule has 0 unspecified atom stereocenters. The maximum Gasteiger partial charge on any atom is 0.255 e. The van der Waals surface area contributed by atoms with Crippen LogP contribution in [0.15, 0.2) is 53.4 Å². The molecule has 1 amide bonds. The maximum absolute atomic E-state index is 13.1. The van der Waals surface area contributed by atoms with E-state index < -0.39 is 10.0 Å². The lowest BCUT2D eigenvalue weighted by Gasteiger charge is -2.28. The molecular weight excluding hydrogens is 386 g/mol. The van der Waals surface area contributed by atoms with Gasteiger partial charge in [-0.15, -0.1) is 0 Å². The SMILES string of the molecule is CCN(CC)c1ccc(S(=O)(=O)N2CCCCC2)cc1NC(=O)c1ccccc1. The van der Waals surface area contributed by atoms with Gasteiger partial charge in [-0.3, -0.25) is 4.79 Å². The van der Waals surface area contributed by atoms with E-state index in [0.717, 1.165) is 38.0 Å². The molecule has 0 spiro atoms. The molecule has 0 radical (unpaired) electrons. The molecule has 3 rings (SSSR count). The summed E-state index contributed by atoms with van der Waals surface area (Å²) < 4.78 is 27.8. The van der Waals surface area contributed by atoms with Crippen LogP contribution in [0.4, 0.5) is 11.4 Å². The average molecular weight is 416 g/mol. The fourth-order valence-electron chi connectivity index (χ4n) is 3.65. The Morgan fingerprint density at radius 2 is 1.66 bits per heavy atom. The number of amides is 1. The van der Waals surface area contributed by atoms with Crippen molar-refractivity contribution >= 4 is 27.3 Å². The van der Waals surface area contributed by atoms with Crippen molar-refractivity contribution < 1.29 is 13.2 Å². The summed E-state index contributed by atoms with van der Waals surface area (Å²) in [6, 6.07) is 14.0. The van der Waals surface area contributed by atoms with Gasteiger partial charge in [-0.2, -0.15) is 4.31 Å². The highest BCUT2D eigenvalue weighted by Gasteiger charge is 2.27. The smallest absolute Gasteiger partial charge is 0.255 e. The third-order valence-corrected chi connectivity index (χ3v) is 7.20. The fraction of sp³-hybridized carbons (Fsp3) is 0.409. The predicted molar refractivity (Wildman–Crippen MR) is 117 cm³/mol. The van der Waals surface area contributed by atoms with E-state index in [-0.39, 0.29) is 10.8 Å². The topological polar surface area (TPSA) is 69.7 Å². The second kappa shape index (κ2) is 9.41. The first kappa shape index (κ1) is 21.3. The molecule has 2 aromatic rings. The summed E-state index contributed by atoms with van der Waals surface area (Å²) in [5.41, 5.74) is 1.86. The summed E-state index contributed by atoms with van der Waals surface area (Å²) in [6.07, 6.45) is 2.83. The van der Waals surface area contributed by atoms with Crippen LogP contribution < -0.4 is 10.2 Å². The minimum absolute atomic E-state index is 0.221. The molecule has 2 aromatic carbocycles. The van der Waals surface area contributed by atoms with Crippen molar-refractivity contribution in [2.24, 2.45) is 0 Å². The number of nitrogens with one attached hydrogen (secondary N) is 1. The summed E-state index contributed by atoms with van der Waals surface area (Å²) in [7, 11) is -3.58. The molecule has 0 atom stereocenters. The van der Waals surface area contributed by atoms with E-state index in [9.17, 15) is 13.2 Å². The highest BCUT2D eigenvalue weighted by molar-refractivity contribution is 7.89. The van der Waals surface area contributed by atoms with Crippen LogP contribution in [-0.4, -0.2) is 44.8 Å². The Hall–Kier alpha value is -2.38. The molecule has 0 saturated carbocycles. The molecule has 1 N–H and O–H groups in total. The fourth-order valence-corrected chi connectivity index (χ4v) is 5.20. The molecule has 0 aliphatic carbocycles. The standard InChI is InChI=1S/C22H29N3O3S/c1-3-24(4-2)21-14-13-19(29(27,28)25-15-9-6-10-16-25)17-20(21)23-22(26)18-11-7-5-8-12-18/h5,7-8,11-14,17H,3-4,6,9-10,15-16H2,1-2H3,(H,23,26). The van der Waals surface area contributed by atoms with Gasteiger partial charge in [0.15, 0.2) is 0 Å². The van der Waals surface area contributed by atoms with Crippen molar-refractivity contribution in [1.82, 2.24) is 4.31 Å². The average Bonchev–Trinajstić information content (AvgIpc) is 2.76. The van der Waals surface area contributed by atoms with Gasteiger partial charge in [0, 0.05) is 31.7 Å². The zero-order valence-corrected chi connectivity index (χ0v) is 17.9. The summed E-state index contributed by atoms with van der Waals surface area (Å²) in [5.74, 6) is -0.258. The highest BCUT2D eigenvalue weighted by atomic mass is 32.2. The molecule has 156 valence electrons. The van der Waals surface area contributed by atoms with Crippen molar-refractivity contribution in [2.75, 3.05) is 36.4 Å². The number of benzene rings is 2. The molecule has 0 bridgehead atoms. The van der Waals surface area contributed by atoms with Gasteiger partial charge >= 0.3 is 0 Å². The molecule has 6 nitrogen and oxygen atoms in total. The number of sulfonamides is 1. The van der Waals surface area contributed by atoms with Crippen LogP contribution >= 0.6 is 0 Å². The maximum atomic E-state index is 13.1. The van der Waals surface area contributed by atoms with Gasteiger partial charge in [-0.05, 0) is 57.0 Å². The van der Waals surface area contributed by atoms with Gasteiger partial charge in [0.05, 0.1) is 16.3 Å². The van der Waals surface area contributed by atoms with Crippen LogP contribution in [0.2, 0.25) is 0 Å². The van der Waals surface area contributed by atoms with Crippen molar-refractivity contribution in [1.29, 1.82) is 0 Å². The Bertz CT molecular complexity index is 935. The number of nitrogens with zero attached hydrogens (tertiary/aromatic N) is 2. The van der Waals surface area contributed by atoms with Crippen molar-refractivity contribution in [2.45, 2.75) is 38.0 Å². The minimum atomic E-state index is -3.58. The molecule has 1 aliphatic heterocycles. The van der Waals surface area contributed by atoms with Crippen LogP contribution in [0.5, 0.6) is 0 Å². The Kier molecular flexibility index (Phi) is 6.92. The van der Waals surface area contributed by atoms with E-state index in [1.165, 1.54) is 0 Å². The van der Waals surface area contributed by atoms with Crippen LogP contribution in [0.3, 0.4) is 0 Å². The van der Waals surface area contributed by atoms with Gasteiger partial charge in [0.25, 0.3) is 5.91 Å². The molecule has 1 fully saturated rings. The summed E-state index contributed by atoms with van der Waals surface area (Å²) in [5, 5.41) is 2.93. The molecule has 29 heavy (non-hydrogen) atoms. The minimum Gasteiger partial charge on any atom is -0.370 e. The van der Waals surface area contributed by atoms with Gasteiger partial charge in [0.2, 0.25) is 10.0 Å². The van der Waals surface area contributed by atoms with Crippen LogP contribution in [0.1, 0.15) is 43.5 Å². The third-order valence-electron chi connectivity index (χ3n) is 5.31. The lowest BCUT2D eigenvalue weighted by Crippen LogP contribution is -2.35. The summed E-state index contributed by atoms with van der Waals surface area (Å²) in [6.45, 7) is 6.67. The van der Waals surface area contributed by atoms with E-state index >= 15 is 0 Å². The lowest BCUT2D eigenvalue weighted by molar-refractivity contribution is 0.102. The number of carbonyl (C=O) groups excluding carboxylic acids is 1. The third kappa shape index (κ3) is 4.79. The van der Waals surface area contributed by atoms with Gasteiger partial charge < -0.3 is 10.2 Å².